The van der Waals surface area contributed by atoms with E-state index in [2.05, 4.69) is 0 Å². The van der Waals surface area contributed by atoms with Gasteiger partial charge in [0.15, 0.2) is 28.4 Å². The lowest BCUT2D eigenvalue weighted by Gasteiger charge is -2.39. The standard InChI is InChI=1S/C33H36O16/c1-42-23-9-17(4-5-19(23)36)45-13-16(35)14-46-32-25(43-2)6-15(7-26(32)44-3)22-11-21(38)28-20(37)8-18(10-24(28)48-22)47-33-31(41)30(40)29(39)27(12-34)49-33/h4-11,16,27,29-31,33-37,39-41H,12-14H2,1-3H3/t16-,27+,29+,30-,31+,33?/m0/s1. The van der Waals surface area contributed by atoms with Crippen molar-refractivity contribution < 1.29 is 73.3 Å². The molecule has 49 heavy (non-hydrogen) atoms. The summed E-state index contributed by atoms with van der Waals surface area (Å²) < 4.78 is 44.4. The van der Waals surface area contributed by atoms with Crippen molar-refractivity contribution in [2.45, 2.75) is 36.8 Å². The molecular weight excluding hydrogens is 652 g/mol. The molecule has 1 saturated heterocycles. The van der Waals surface area contributed by atoms with Crippen LogP contribution in [0.1, 0.15) is 0 Å². The topological polar surface area (TPSA) is 236 Å². The van der Waals surface area contributed by atoms with Gasteiger partial charge in [-0.2, -0.15) is 0 Å². The van der Waals surface area contributed by atoms with Crippen LogP contribution in [-0.4, -0.2) is 114 Å². The van der Waals surface area contributed by atoms with E-state index in [-0.39, 0.29) is 64.4 Å². The Kier molecular flexibility index (Phi) is 10.9. The van der Waals surface area contributed by atoms with Crippen molar-refractivity contribution in [1.29, 1.82) is 0 Å². The molecule has 0 bridgehead atoms. The molecule has 1 fully saturated rings. The summed E-state index contributed by atoms with van der Waals surface area (Å²) in [6.07, 6.45) is -8.89. The van der Waals surface area contributed by atoms with E-state index >= 15 is 0 Å². The number of phenolic OH excluding ortho intramolecular Hbond substituents is 2. The Bertz CT molecular complexity index is 1800. The summed E-state index contributed by atoms with van der Waals surface area (Å²) >= 11 is 0. The van der Waals surface area contributed by atoms with E-state index in [0.717, 1.165) is 12.1 Å². The smallest absolute Gasteiger partial charge is 0.229 e. The van der Waals surface area contributed by atoms with Gasteiger partial charge in [-0.05, 0) is 24.3 Å². The molecule has 7 N–H and O–H groups in total. The van der Waals surface area contributed by atoms with E-state index in [9.17, 15) is 40.5 Å². The van der Waals surface area contributed by atoms with Gasteiger partial charge in [0.1, 0.15) is 77.7 Å². The van der Waals surface area contributed by atoms with Crippen molar-refractivity contribution in [3.63, 3.8) is 0 Å². The van der Waals surface area contributed by atoms with Crippen LogP contribution >= 0.6 is 0 Å². The van der Waals surface area contributed by atoms with E-state index in [0.29, 0.717) is 11.3 Å². The van der Waals surface area contributed by atoms with Gasteiger partial charge in [-0.1, -0.05) is 0 Å². The molecule has 16 nitrogen and oxygen atoms in total. The van der Waals surface area contributed by atoms with Gasteiger partial charge < -0.3 is 73.3 Å². The number of aromatic hydroxyl groups is 2. The highest BCUT2D eigenvalue weighted by Gasteiger charge is 2.44. The van der Waals surface area contributed by atoms with Crippen LogP contribution in [0.5, 0.6) is 46.0 Å². The Morgan fingerprint density at radius 2 is 1.45 bits per heavy atom. The minimum absolute atomic E-state index is 0.0304. The average Bonchev–Trinajstić information content (AvgIpc) is 3.09. The molecule has 0 aliphatic carbocycles. The fourth-order valence-electron chi connectivity index (χ4n) is 5.08. The van der Waals surface area contributed by atoms with Crippen LogP contribution in [0.3, 0.4) is 0 Å². The number of rotatable bonds is 13. The number of hydrogen-bond donors (Lipinski definition) is 7. The van der Waals surface area contributed by atoms with Gasteiger partial charge in [-0.25, -0.2) is 0 Å². The van der Waals surface area contributed by atoms with Crippen LogP contribution in [0.2, 0.25) is 0 Å². The lowest BCUT2D eigenvalue weighted by molar-refractivity contribution is -0.277. The van der Waals surface area contributed by atoms with Crippen molar-refractivity contribution >= 4 is 11.0 Å². The Morgan fingerprint density at radius 3 is 2.10 bits per heavy atom. The molecule has 264 valence electrons. The van der Waals surface area contributed by atoms with Crippen molar-refractivity contribution in [2.75, 3.05) is 41.2 Å². The Morgan fingerprint density at radius 1 is 0.776 bits per heavy atom. The predicted molar refractivity (Wildman–Crippen MR) is 169 cm³/mol. The molecule has 1 unspecified atom stereocenters. The van der Waals surface area contributed by atoms with Crippen molar-refractivity contribution in [2.24, 2.45) is 0 Å². The SMILES string of the molecule is COc1cc(OC[C@H](O)COc2c(OC)cc(-c3cc(=O)c4c(O)cc(OC5O[C@H](CO)[C@@H](O)[C@H](O)[C@H]5O)cc4o3)cc2OC)ccc1O. The Balaban J connectivity index is 1.37. The van der Waals surface area contributed by atoms with Gasteiger partial charge in [0.2, 0.25) is 12.0 Å². The molecule has 0 radical (unpaired) electrons. The molecule has 3 aromatic carbocycles. The lowest BCUT2D eigenvalue weighted by atomic mass is 9.99. The molecule has 0 amide bonds. The molecule has 2 heterocycles. The quantitative estimate of drug-likeness (QED) is 0.103. The largest absolute Gasteiger partial charge is 0.507 e. The summed E-state index contributed by atoms with van der Waals surface area (Å²) in [6.45, 7) is -1.06. The minimum Gasteiger partial charge on any atom is -0.507 e. The number of benzene rings is 3. The van der Waals surface area contributed by atoms with Crippen LogP contribution in [-0.2, 0) is 4.74 Å². The second-order valence-electron chi connectivity index (χ2n) is 10.9. The van der Waals surface area contributed by atoms with Gasteiger partial charge >= 0.3 is 0 Å². The maximum atomic E-state index is 13.1. The first kappa shape index (κ1) is 35.3. The number of phenols is 2. The van der Waals surface area contributed by atoms with E-state index < -0.39 is 54.6 Å². The molecule has 0 spiro atoms. The highest BCUT2D eigenvalue weighted by molar-refractivity contribution is 5.86. The van der Waals surface area contributed by atoms with Crippen LogP contribution in [0.15, 0.2) is 57.7 Å². The average molecular weight is 689 g/mol. The number of hydrogen-bond acceptors (Lipinski definition) is 16. The lowest BCUT2D eigenvalue weighted by Crippen LogP contribution is -2.60. The van der Waals surface area contributed by atoms with Crippen molar-refractivity contribution in [1.82, 2.24) is 0 Å². The van der Waals surface area contributed by atoms with Gasteiger partial charge in [0, 0.05) is 29.8 Å². The maximum absolute atomic E-state index is 13.1. The summed E-state index contributed by atoms with van der Waals surface area (Å²) in [4.78, 5) is 13.1. The number of aliphatic hydroxyl groups is 5. The monoisotopic (exact) mass is 688 g/mol. The Hall–Kier alpha value is -4.97. The first-order valence-corrected chi connectivity index (χ1v) is 14.8. The first-order valence-electron chi connectivity index (χ1n) is 14.8. The summed E-state index contributed by atoms with van der Waals surface area (Å²) in [7, 11) is 4.15. The van der Waals surface area contributed by atoms with Gasteiger partial charge in [0.25, 0.3) is 0 Å². The molecular formula is C33H36O16. The third-order valence-electron chi connectivity index (χ3n) is 7.64. The number of fused-ring (bicyclic) bond motifs is 1. The first-order chi connectivity index (χ1) is 23.5. The van der Waals surface area contributed by atoms with E-state index in [1.807, 2.05) is 0 Å². The third kappa shape index (κ3) is 7.54. The molecule has 1 aliphatic heterocycles. The number of aliphatic hydroxyl groups excluding tert-OH is 5. The third-order valence-corrected chi connectivity index (χ3v) is 7.64. The second-order valence-corrected chi connectivity index (χ2v) is 10.9. The van der Waals surface area contributed by atoms with Gasteiger partial charge in [0.05, 0.1) is 27.9 Å². The molecule has 6 atom stereocenters. The highest BCUT2D eigenvalue weighted by atomic mass is 16.7. The molecule has 16 heteroatoms. The van der Waals surface area contributed by atoms with Crippen LogP contribution in [0, 0.1) is 0 Å². The van der Waals surface area contributed by atoms with E-state index in [1.165, 1.54) is 57.7 Å². The zero-order valence-corrected chi connectivity index (χ0v) is 26.5. The van der Waals surface area contributed by atoms with Crippen molar-refractivity contribution in [3.05, 3.63) is 58.8 Å². The minimum atomic E-state index is -1.72. The molecule has 5 rings (SSSR count). The summed E-state index contributed by atoms with van der Waals surface area (Å²) in [5.41, 5.74) is -0.416. The predicted octanol–water partition coefficient (Wildman–Crippen LogP) is 0.894. The highest BCUT2D eigenvalue weighted by Crippen LogP contribution is 2.42. The summed E-state index contributed by atoms with van der Waals surface area (Å²) in [6, 6.07) is 10.9. The van der Waals surface area contributed by atoms with Gasteiger partial charge in [-0.3, -0.25) is 4.79 Å². The molecule has 4 aromatic rings. The zero-order valence-electron chi connectivity index (χ0n) is 26.5. The molecule has 1 aliphatic rings. The maximum Gasteiger partial charge on any atom is 0.229 e. The second kappa shape index (κ2) is 15.1. The van der Waals surface area contributed by atoms with Gasteiger partial charge in [-0.15, -0.1) is 0 Å². The number of methoxy groups -OCH3 is 3. The number of ether oxygens (including phenoxy) is 7. The Labute approximate surface area is 278 Å². The summed E-state index contributed by atoms with van der Waals surface area (Å²) in [5, 5.41) is 70.7. The summed E-state index contributed by atoms with van der Waals surface area (Å²) in [5.74, 6) is 0.353. The molecule has 1 aromatic heterocycles. The van der Waals surface area contributed by atoms with Crippen LogP contribution in [0.4, 0.5) is 0 Å². The van der Waals surface area contributed by atoms with Crippen molar-refractivity contribution in [3.8, 4) is 57.3 Å². The van der Waals surface area contributed by atoms with Crippen LogP contribution < -0.4 is 33.8 Å². The van der Waals surface area contributed by atoms with E-state index in [4.69, 9.17) is 37.6 Å². The fourth-order valence-corrected chi connectivity index (χ4v) is 5.08. The zero-order chi connectivity index (χ0) is 35.4. The van der Waals surface area contributed by atoms with Crippen LogP contribution in [0.25, 0.3) is 22.3 Å². The molecule has 0 saturated carbocycles. The normalized spacial score (nSPS) is 21.2. The van der Waals surface area contributed by atoms with E-state index in [1.54, 1.807) is 0 Å². The fraction of sp³-hybridized carbons (Fsp3) is 0.364.